The van der Waals surface area contributed by atoms with Crippen LogP contribution in [0.1, 0.15) is 5.56 Å². The Hall–Kier alpha value is -2.29. The molecule has 0 amide bonds. The van der Waals surface area contributed by atoms with Crippen molar-refractivity contribution in [3.63, 3.8) is 0 Å². The lowest BCUT2D eigenvalue weighted by molar-refractivity contribution is 0.377. The van der Waals surface area contributed by atoms with E-state index in [1.165, 1.54) is 5.56 Å². The van der Waals surface area contributed by atoms with Crippen LogP contribution in [0.15, 0.2) is 59.6 Å². The van der Waals surface area contributed by atoms with Gasteiger partial charge in [-0.1, -0.05) is 30.3 Å². The van der Waals surface area contributed by atoms with Crippen LogP contribution in [-0.2, 0) is 6.54 Å². The molecule has 19 heavy (non-hydrogen) atoms. The Balaban J connectivity index is 1.73. The summed E-state index contributed by atoms with van der Waals surface area (Å²) in [6, 6.07) is 17.6. The van der Waals surface area contributed by atoms with Crippen molar-refractivity contribution >= 4 is 6.21 Å². The highest BCUT2D eigenvalue weighted by molar-refractivity contribution is 5.59. The molecule has 0 aromatic heterocycles. The SMILES string of the molecule is COc1ccc(OCC=NCc2ccccc2)cc1. The largest absolute Gasteiger partial charge is 0.497 e. The van der Waals surface area contributed by atoms with Gasteiger partial charge in [-0.05, 0) is 29.8 Å². The van der Waals surface area contributed by atoms with Gasteiger partial charge in [0.1, 0.15) is 18.1 Å². The second kappa shape index (κ2) is 7.21. The number of benzene rings is 2. The van der Waals surface area contributed by atoms with E-state index in [9.17, 15) is 0 Å². The van der Waals surface area contributed by atoms with Gasteiger partial charge in [0.05, 0.1) is 13.7 Å². The van der Waals surface area contributed by atoms with Gasteiger partial charge in [0.2, 0.25) is 0 Å². The summed E-state index contributed by atoms with van der Waals surface area (Å²) in [7, 11) is 1.64. The van der Waals surface area contributed by atoms with Gasteiger partial charge in [0.25, 0.3) is 0 Å². The third-order valence-corrected chi connectivity index (χ3v) is 2.63. The van der Waals surface area contributed by atoms with E-state index in [-0.39, 0.29) is 0 Å². The molecule has 0 atom stereocenters. The molecule has 2 aromatic rings. The highest BCUT2D eigenvalue weighted by atomic mass is 16.5. The van der Waals surface area contributed by atoms with Crippen LogP contribution in [0.5, 0.6) is 11.5 Å². The van der Waals surface area contributed by atoms with Crippen LogP contribution in [-0.4, -0.2) is 19.9 Å². The Labute approximate surface area is 113 Å². The Kier molecular flexibility index (Phi) is 4.99. The van der Waals surface area contributed by atoms with Crippen molar-refractivity contribution in [3.8, 4) is 11.5 Å². The molecule has 0 radical (unpaired) electrons. The standard InChI is InChI=1S/C16H17NO2/c1-18-15-7-9-16(10-8-15)19-12-11-17-13-14-5-3-2-4-6-14/h2-11H,12-13H2,1H3. The first kappa shape index (κ1) is 13.1. The average Bonchev–Trinajstić information content (AvgIpc) is 2.49. The summed E-state index contributed by atoms with van der Waals surface area (Å²) in [4.78, 5) is 4.32. The molecule has 2 aromatic carbocycles. The van der Waals surface area contributed by atoms with Crippen LogP contribution in [0, 0.1) is 0 Å². The predicted octanol–water partition coefficient (Wildman–Crippen LogP) is 3.35. The van der Waals surface area contributed by atoms with Crippen LogP contribution < -0.4 is 9.47 Å². The molecule has 3 nitrogen and oxygen atoms in total. The summed E-state index contributed by atoms with van der Waals surface area (Å²) in [6.45, 7) is 1.16. The first-order valence-corrected chi connectivity index (χ1v) is 6.17. The van der Waals surface area contributed by atoms with Gasteiger partial charge in [-0.15, -0.1) is 0 Å². The van der Waals surface area contributed by atoms with Crippen molar-refractivity contribution in [1.82, 2.24) is 0 Å². The van der Waals surface area contributed by atoms with Gasteiger partial charge in [0.15, 0.2) is 0 Å². The van der Waals surface area contributed by atoms with Crippen molar-refractivity contribution in [2.24, 2.45) is 4.99 Å². The summed E-state index contributed by atoms with van der Waals surface area (Å²) in [5, 5.41) is 0. The number of ether oxygens (including phenoxy) is 2. The molecule has 0 aliphatic heterocycles. The maximum absolute atomic E-state index is 5.54. The molecule has 0 heterocycles. The topological polar surface area (TPSA) is 30.8 Å². The van der Waals surface area contributed by atoms with E-state index < -0.39 is 0 Å². The lowest BCUT2D eigenvalue weighted by Gasteiger charge is -2.04. The summed E-state index contributed by atoms with van der Waals surface area (Å²) in [5.41, 5.74) is 1.20. The predicted molar refractivity (Wildman–Crippen MR) is 77.1 cm³/mol. The normalized spacial score (nSPS) is 10.6. The third-order valence-electron chi connectivity index (χ3n) is 2.63. The van der Waals surface area contributed by atoms with E-state index in [0.717, 1.165) is 11.5 Å². The van der Waals surface area contributed by atoms with Crippen LogP contribution in [0.4, 0.5) is 0 Å². The van der Waals surface area contributed by atoms with Gasteiger partial charge < -0.3 is 9.47 Å². The van der Waals surface area contributed by atoms with Crippen LogP contribution in [0.25, 0.3) is 0 Å². The van der Waals surface area contributed by atoms with E-state index in [0.29, 0.717) is 13.2 Å². The molecule has 3 heteroatoms. The third kappa shape index (κ3) is 4.47. The molecule has 0 bridgehead atoms. The van der Waals surface area contributed by atoms with Gasteiger partial charge in [-0.3, -0.25) is 4.99 Å². The maximum atomic E-state index is 5.54. The number of methoxy groups -OCH3 is 1. The lowest BCUT2D eigenvalue weighted by Crippen LogP contribution is -1.98. The summed E-state index contributed by atoms with van der Waals surface area (Å²) < 4.78 is 10.6. The minimum Gasteiger partial charge on any atom is -0.497 e. The number of rotatable bonds is 6. The average molecular weight is 255 g/mol. The van der Waals surface area contributed by atoms with Crippen molar-refractivity contribution < 1.29 is 9.47 Å². The molecule has 0 unspecified atom stereocenters. The van der Waals surface area contributed by atoms with E-state index in [2.05, 4.69) is 17.1 Å². The van der Waals surface area contributed by atoms with Crippen molar-refractivity contribution in [3.05, 3.63) is 60.2 Å². The van der Waals surface area contributed by atoms with E-state index in [4.69, 9.17) is 9.47 Å². The Morgan fingerprint density at radius 3 is 2.32 bits per heavy atom. The number of hydrogen-bond acceptors (Lipinski definition) is 3. The molecular formula is C16H17NO2. The monoisotopic (exact) mass is 255 g/mol. The second-order valence-electron chi connectivity index (χ2n) is 4.00. The molecule has 0 saturated heterocycles. The molecule has 0 spiro atoms. The number of hydrogen-bond donors (Lipinski definition) is 0. The quantitative estimate of drug-likeness (QED) is 0.741. The molecule has 0 aliphatic rings. The minimum atomic E-state index is 0.471. The van der Waals surface area contributed by atoms with Crippen LogP contribution in [0.2, 0.25) is 0 Å². The molecular weight excluding hydrogens is 238 g/mol. The number of nitrogens with zero attached hydrogens (tertiary/aromatic N) is 1. The fraction of sp³-hybridized carbons (Fsp3) is 0.188. The minimum absolute atomic E-state index is 0.471. The van der Waals surface area contributed by atoms with Gasteiger partial charge >= 0.3 is 0 Å². The first-order chi connectivity index (χ1) is 9.38. The lowest BCUT2D eigenvalue weighted by atomic mass is 10.2. The fourth-order valence-corrected chi connectivity index (χ4v) is 1.61. The zero-order valence-electron chi connectivity index (χ0n) is 11.0. The summed E-state index contributed by atoms with van der Waals surface area (Å²) in [5.74, 6) is 1.64. The van der Waals surface area contributed by atoms with E-state index in [1.54, 1.807) is 13.3 Å². The van der Waals surface area contributed by atoms with Crippen molar-refractivity contribution in [2.75, 3.05) is 13.7 Å². The van der Waals surface area contributed by atoms with Gasteiger partial charge in [-0.2, -0.15) is 0 Å². The second-order valence-corrected chi connectivity index (χ2v) is 4.00. The van der Waals surface area contributed by atoms with Crippen LogP contribution >= 0.6 is 0 Å². The Bertz CT molecular complexity index is 506. The molecule has 0 N–H and O–H groups in total. The smallest absolute Gasteiger partial charge is 0.123 e. The van der Waals surface area contributed by atoms with E-state index >= 15 is 0 Å². The summed E-state index contributed by atoms with van der Waals surface area (Å²) in [6.07, 6.45) is 1.79. The van der Waals surface area contributed by atoms with Crippen LogP contribution in [0.3, 0.4) is 0 Å². The van der Waals surface area contributed by atoms with E-state index in [1.807, 2.05) is 42.5 Å². The molecule has 0 saturated carbocycles. The zero-order chi connectivity index (χ0) is 13.3. The maximum Gasteiger partial charge on any atom is 0.123 e. The highest BCUT2D eigenvalue weighted by Gasteiger charge is 1.93. The molecule has 2 rings (SSSR count). The first-order valence-electron chi connectivity index (χ1n) is 6.17. The summed E-state index contributed by atoms with van der Waals surface area (Å²) >= 11 is 0. The molecule has 0 aliphatic carbocycles. The van der Waals surface area contributed by atoms with Gasteiger partial charge in [0, 0.05) is 6.21 Å². The van der Waals surface area contributed by atoms with Gasteiger partial charge in [-0.25, -0.2) is 0 Å². The van der Waals surface area contributed by atoms with Crippen molar-refractivity contribution in [2.45, 2.75) is 6.54 Å². The fourth-order valence-electron chi connectivity index (χ4n) is 1.61. The molecule has 98 valence electrons. The Morgan fingerprint density at radius 2 is 1.63 bits per heavy atom. The van der Waals surface area contributed by atoms with Crippen molar-refractivity contribution in [1.29, 1.82) is 0 Å². The number of aliphatic imine (C=N–C) groups is 1. The highest BCUT2D eigenvalue weighted by Crippen LogP contribution is 2.16. The molecule has 0 fully saturated rings. The zero-order valence-corrected chi connectivity index (χ0v) is 11.0. The Morgan fingerprint density at radius 1 is 0.947 bits per heavy atom.